The summed E-state index contributed by atoms with van der Waals surface area (Å²) in [5.41, 5.74) is 8.74. The Hall–Kier alpha value is -1.28. The van der Waals surface area contributed by atoms with E-state index >= 15 is 0 Å². The van der Waals surface area contributed by atoms with Gasteiger partial charge in [-0.3, -0.25) is 0 Å². The first-order valence-corrected chi connectivity index (χ1v) is 5.12. The third-order valence-corrected chi connectivity index (χ3v) is 3.41. The molecule has 0 aliphatic heterocycles. The minimum Gasteiger partial charge on any atom is -0.361 e. The highest BCUT2D eigenvalue weighted by Crippen LogP contribution is 2.47. The summed E-state index contributed by atoms with van der Waals surface area (Å²) >= 11 is 0. The van der Waals surface area contributed by atoms with E-state index in [1.54, 1.807) is 0 Å². The van der Waals surface area contributed by atoms with Gasteiger partial charge in [-0.25, -0.2) is 0 Å². The SMILES string of the molecule is NCC1(c2ccc3cc[nH]c3c2)CC1. The number of H-pyrrole nitrogens is 1. The third kappa shape index (κ3) is 1.01. The van der Waals surface area contributed by atoms with Gasteiger partial charge < -0.3 is 10.7 Å². The lowest BCUT2D eigenvalue weighted by molar-refractivity contribution is 0.706. The van der Waals surface area contributed by atoms with Crippen molar-refractivity contribution in [3.63, 3.8) is 0 Å². The summed E-state index contributed by atoms with van der Waals surface area (Å²) in [6, 6.07) is 8.74. The average molecular weight is 186 g/mol. The van der Waals surface area contributed by atoms with E-state index in [4.69, 9.17) is 5.73 Å². The zero-order valence-corrected chi connectivity index (χ0v) is 8.09. The molecule has 0 atom stereocenters. The van der Waals surface area contributed by atoms with E-state index in [1.807, 2.05) is 6.20 Å². The molecule has 1 fully saturated rings. The molecule has 0 amide bonds. The normalized spacial score (nSPS) is 18.6. The Morgan fingerprint density at radius 2 is 2.14 bits per heavy atom. The summed E-state index contributed by atoms with van der Waals surface area (Å²) in [6.45, 7) is 0.777. The summed E-state index contributed by atoms with van der Waals surface area (Å²) in [4.78, 5) is 3.24. The number of aromatic nitrogens is 1. The van der Waals surface area contributed by atoms with E-state index in [0.717, 1.165) is 6.54 Å². The largest absolute Gasteiger partial charge is 0.361 e. The monoisotopic (exact) mass is 186 g/mol. The summed E-state index contributed by atoms with van der Waals surface area (Å²) in [5.74, 6) is 0. The predicted octanol–water partition coefficient (Wildman–Crippen LogP) is 2.16. The van der Waals surface area contributed by atoms with Crippen LogP contribution in [-0.2, 0) is 5.41 Å². The number of fused-ring (bicyclic) bond motifs is 1. The van der Waals surface area contributed by atoms with Crippen LogP contribution >= 0.6 is 0 Å². The standard InChI is InChI=1S/C12H14N2/c13-8-12(4-5-12)10-2-1-9-3-6-14-11(9)7-10/h1-3,6-7,14H,4-5,8,13H2. The van der Waals surface area contributed by atoms with Crippen molar-refractivity contribution < 1.29 is 0 Å². The first-order valence-electron chi connectivity index (χ1n) is 5.12. The molecule has 2 aromatic rings. The predicted molar refractivity (Wildman–Crippen MR) is 58.3 cm³/mol. The fraction of sp³-hybridized carbons (Fsp3) is 0.333. The number of nitrogens with one attached hydrogen (secondary N) is 1. The maximum Gasteiger partial charge on any atom is 0.0456 e. The van der Waals surface area contributed by atoms with Crippen molar-refractivity contribution in [1.29, 1.82) is 0 Å². The lowest BCUT2D eigenvalue weighted by Crippen LogP contribution is -2.19. The van der Waals surface area contributed by atoms with E-state index in [2.05, 4.69) is 29.2 Å². The molecule has 0 spiro atoms. The Morgan fingerprint density at radius 3 is 2.86 bits per heavy atom. The van der Waals surface area contributed by atoms with Crippen molar-refractivity contribution in [2.24, 2.45) is 5.73 Å². The van der Waals surface area contributed by atoms with Crippen LogP contribution in [0.3, 0.4) is 0 Å². The third-order valence-electron chi connectivity index (χ3n) is 3.41. The van der Waals surface area contributed by atoms with E-state index in [1.165, 1.54) is 29.3 Å². The highest BCUT2D eigenvalue weighted by atomic mass is 14.7. The summed E-state index contributed by atoms with van der Waals surface area (Å²) < 4.78 is 0. The van der Waals surface area contributed by atoms with Gasteiger partial charge in [-0.05, 0) is 35.9 Å². The van der Waals surface area contributed by atoms with Crippen LogP contribution in [0, 0.1) is 0 Å². The summed E-state index contributed by atoms with van der Waals surface area (Å²) in [5, 5.41) is 1.28. The molecular formula is C12H14N2. The van der Waals surface area contributed by atoms with Gasteiger partial charge in [0.1, 0.15) is 0 Å². The Balaban J connectivity index is 2.13. The highest BCUT2D eigenvalue weighted by molar-refractivity contribution is 5.80. The van der Waals surface area contributed by atoms with Crippen LogP contribution < -0.4 is 5.73 Å². The van der Waals surface area contributed by atoms with Gasteiger partial charge >= 0.3 is 0 Å². The number of hydrogen-bond acceptors (Lipinski definition) is 1. The second-order valence-electron chi connectivity index (χ2n) is 4.26. The van der Waals surface area contributed by atoms with Crippen LogP contribution in [0.4, 0.5) is 0 Å². The molecule has 0 saturated heterocycles. The molecule has 2 nitrogen and oxygen atoms in total. The minimum atomic E-state index is 0.305. The highest BCUT2D eigenvalue weighted by Gasteiger charge is 2.42. The Labute approximate surface area is 83.1 Å². The molecule has 1 aromatic heterocycles. The zero-order chi connectivity index (χ0) is 9.60. The molecule has 0 unspecified atom stereocenters. The van der Waals surface area contributed by atoms with Crippen molar-refractivity contribution in [1.82, 2.24) is 4.98 Å². The lowest BCUT2D eigenvalue weighted by atomic mass is 9.95. The number of benzene rings is 1. The van der Waals surface area contributed by atoms with Gasteiger partial charge in [0, 0.05) is 23.7 Å². The van der Waals surface area contributed by atoms with Gasteiger partial charge in [0.2, 0.25) is 0 Å². The first-order chi connectivity index (χ1) is 6.84. The smallest absolute Gasteiger partial charge is 0.0456 e. The molecule has 2 heteroatoms. The molecule has 1 aliphatic rings. The molecule has 3 N–H and O–H groups in total. The van der Waals surface area contributed by atoms with Crippen LogP contribution in [0.5, 0.6) is 0 Å². The van der Waals surface area contributed by atoms with Crippen molar-refractivity contribution in [2.75, 3.05) is 6.54 Å². The lowest BCUT2D eigenvalue weighted by Gasteiger charge is -2.12. The van der Waals surface area contributed by atoms with Crippen molar-refractivity contribution in [3.05, 3.63) is 36.0 Å². The average Bonchev–Trinajstić information content (AvgIpc) is 2.89. The van der Waals surface area contributed by atoms with Gasteiger partial charge in [0.15, 0.2) is 0 Å². The number of hydrogen-bond donors (Lipinski definition) is 2. The molecular weight excluding hydrogens is 172 g/mol. The van der Waals surface area contributed by atoms with Gasteiger partial charge in [0.25, 0.3) is 0 Å². The minimum absolute atomic E-state index is 0.305. The van der Waals surface area contributed by atoms with E-state index < -0.39 is 0 Å². The molecule has 1 aliphatic carbocycles. The zero-order valence-electron chi connectivity index (χ0n) is 8.09. The van der Waals surface area contributed by atoms with E-state index in [9.17, 15) is 0 Å². The number of rotatable bonds is 2. The van der Waals surface area contributed by atoms with Crippen LogP contribution in [-0.4, -0.2) is 11.5 Å². The maximum atomic E-state index is 5.81. The fourth-order valence-electron chi connectivity index (χ4n) is 2.14. The Morgan fingerprint density at radius 1 is 1.29 bits per heavy atom. The van der Waals surface area contributed by atoms with Crippen molar-refractivity contribution in [3.8, 4) is 0 Å². The number of nitrogens with two attached hydrogens (primary N) is 1. The fourth-order valence-corrected chi connectivity index (χ4v) is 2.14. The van der Waals surface area contributed by atoms with Crippen LogP contribution in [0.25, 0.3) is 10.9 Å². The van der Waals surface area contributed by atoms with E-state index in [-0.39, 0.29) is 0 Å². The van der Waals surface area contributed by atoms with Crippen LogP contribution in [0.2, 0.25) is 0 Å². The topological polar surface area (TPSA) is 41.8 Å². The molecule has 72 valence electrons. The van der Waals surface area contributed by atoms with Crippen LogP contribution in [0.1, 0.15) is 18.4 Å². The van der Waals surface area contributed by atoms with Gasteiger partial charge in [-0.1, -0.05) is 12.1 Å². The molecule has 1 aromatic carbocycles. The Bertz CT molecular complexity index is 466. The number of aromatic amines is 1. The summed E-state index contributed by atoms with van der Waals surface area (Å²) in [7, 11) is 0. The first kappa shape index (κ1) is 8.06. The van der Waals surface area contributed by atoms with Crippen molar-refractivity contribution >= 4 is 10.9 Å². The molecule has 0 radical (unpaired) electrons. The van der Waals surface area contributed by atoms with Gasteiger partial charge in [-0.2, -0.15) is 0 Å². The second kappa shape index (κ2) is 2.61. The van der Waals surface area contributed by atoms with Gasteiger partial charge in [-0.15, -0.1) is 0 Å². The quantitative estimate of drug-likeness (QED) is 0.741. The maximum absolute atomic E-state index is 5.81. The second-order valence-corrected chi connectivity index (χ2v) is 4.26. The van der Waals surface area contributed by atoms with Crippen molar-refractivity contribution in [2.45, 2.75) is 18.3 Å². The van der Waals surface area contributed by atoms with E-state index in [0.29, 0.717) is 5.41 Å². The summed E-state index contributed by atoms with van der Waals surface area (Å²) in [6.07, 6.45) is 4.47. The molecule has 1 heterocycles. The Kier molecular flexibility index (Phi) is 1.50. The van der Waals surface area contributed by atoms with Gasteiger partial charge in [0.05, 0.1) is 0 Å². The molecule has 14 heavy (non-hydrogen) atoms. The molecule has 1 saturated carbocycles. The molecule has 0 bridgehead atoms. The van der Waals surface area contributed by atoms with Crippen LogP contribution in [0.15, 0.2) is 30.5 Å². The molecule has 3 rings (SSSR count).